The molecule has 1 aromatic carbocycles. The van der Waals surface area contributed by atoms with Crippen molar-refractivity contribution in [2.24, 2.45) is 5.73 Å². The van der Waals surface area contributed by atoms with Crippen molar-refractivity contribution in [1.29, 1.82) is 0 Å². The highest BCUT2D eigenvalue weighted by atomic mass is 79.9. The Labute approximate surface area is 122 Å². The number of halogens is 1. The molecule has 1 heterocycles. The smallest absolute Gasteiger partial charge is 0.224 e. The van der Waals surface area contributed by atoms with E-state index in [4.69, 9.17) is 10.5 Å². The van der Waals surface area contributed by atoms with Crippen LogP contribution in [0.15, 0.2) is 22.7 Å². The highest BCUT2D eigenvalue weighted by Crippen LogP contribution is 2.38. The molecule has 2 N–H and O–H groups in total. The fourth-order valence-corrected chi connectivity index (χ4v) is 3.00. The summed E-state index contributed by atoms with van der Waals surface area (Å²) in [5.41, 5.74) is 6.55. The molecule has 2 rings (SSSR count). The van der Waals surface area contributed by atoms with Gasteiger partial charge in [-0.15, -0.1) is 0 Å². The van der Waals surface area contributed by atoms with Crippen molar-refractivity contribution < 1.29 is 9.53 Å². The predicted octanol–water partition coefficient (Wildman–Crippen LogP) is 2.47. The lowest BCUT2D eigenvalue weighted by Gasteiger charge is -2.26. The van der Waals surface area contributed by atoms with Crippen molar-refractivity contribution in [2.45, 2.75) is 25.3 Å². The number of nitrogens with zero attached hydrogens (tertiary/aromatic N) is 1. The van der Waals surface area contributed by atoms with Gasteiger partial charge in [-0.3, -0.25) is 4.79 Å². The molecule has 0 aliphatic carbocycles. The van der Waals surface area contributed by atoms with E-state index in [1.54, 1.807) is 7.11 Å². The Morgan fingerprint density at radius 2 is 2.37 bits per heavy atom. The number of likely N-dealkylation sites (tertiary alicyclic amines) is 1. The number of hydrogen-bond acceptors (Lipinski definition) is 3. The number of methoxy groups -OCH3 is 1. The molecule has 1 saturated heterocycles. The molecule has 1 aromatic rings. The minimum Gasteiger partial charge on any atom is -0.496 e. The molecule has 1 amide bonds. The molecule has 0 radical (unpaired) electrons. The number of carbonyl (C=O) groups is 1. The fraction of sp³-hybridized carbons (Fsp3) is 0.500. The monoisotopic (exact) mass is 326 g/mol. The predicted molar refractivity (Wildman–Crippen MR) is 78.1 cm³/mol. The zero-order valence-electron chi connectivity index (χ0n) is 11.1. The lowest BCUT2D eigenvalue weighted by Crippen LogP contribution is -2.32. The average Bonchev–Trinajstić information content (AvgIpc) is 2.88. The van der Waals surface area contributed by atoms with Gasteiger partial charge in [0.25, 0.3) is 0 Å². The van der Waals surface area contributed by atoms with Gasteiger partial charge in [0, 0.05) is 29.5 Å². The number of amides is 1. The number of benzene rings is 1. The summed E-state index contributed by atoms with van der Waals surface area (Å²) < 4.78 is 6.42. The van der Waals surface area contributed by atoms with Crippen LogP contribution in [0.3, 0.4) is 0 Å². The first kappa shape index (κ1) is 14.3. The summed E-state index contributed by atoms with van der Waals surface area (Å²) in [5.74, 6) is 0.965. The van der Waals surface area contributed by atoms with Crippen LogP contribution in [0.1, 0.15) is 30.9 Å². The maximum atomic E-state index is 12.1. The van der Waals surface area contributed by atoms with E-state index in [0.717, 1.165) is 35.2 Å². The third-order valence-electron chi connectivity index (χ3n) is 3.48. The van der Waals surface area contributed by atoms with E-state index in [9.17, 15) is 4.79 Å². The first-order chi connectivity index (χ1) is 9.17. The lowest BCUT2D eigenvalue weighted by atomic mass is 10.0. The van der Waals surface area contributed by atoms with E-state index in [0.29, 0.717) is 13.0 Å². The summed E-state index contributed by atoms with van der Waals surface area (Å²) in [5, 5.41) is 0. The molecule has 1 atom stereocenters. The Morgan fingerprint density at radius 3 is 3.05 bits per heavy atom. The molecular formula is C14H19BrN2O2. The van der Waals surface area contributed by atoms with Crippen molar-refractivity contribution in [2.75, 3.05) is 20.2 Å². The number of hydrogen-bond donors (Lipinski definition) is 1. The third-order valence-corrected chi connectivity index (χ3v) is 3.98. The molecule has 0 saturated carbocycles. The minimum absolute atomic E-state index is 0.103. The van der Waals surface area contributed by atoms with Gasteiger partial charge in [0.15, 0.2) is 0 Å². The van der Waals surface area contributed by atoms with Gasteiger partial charge in [-0.2, -0.15) is 0 Å². The van der Waals surface area contributed by atoms with Crippen molar-refractivity contribution >= 4 is 21.8 Å². The largest absolute Gasteiger partial charge is 0.496 e. The summed E-state index contributed by atoms with van der Waals surface area (Å²) in [7, 11) is 1.66. The van der Waals surface area contributed by atoms with Gasteiger partial charge in [0.2, 0.25) is 5.91 Å². The van der Waals surface area contributed by atoms with Crippen LogP contribution in [-0.4, -0.2) is 31.0 Å². The molecule has 104 valence electrons. The molecule has 1 aliphatic rings. The molecular weight excluding hydrogens is 308 g/mol. The van der Waals surface area contributed by atoms with E-state index < -0.39 is 0 Å². The summed E-state index contributed by atoms with van der Waals surface area (Å²) in [4.78, 5) is 14.0. The van der Waals surface area contributed by atoms with Gasteiger partial charge in [-0.25, -0.2) is 0 Å². The van der Waals surface area contributed by atoms with E-state index in [2.05, 4.69) is 15.9 Å². The van der Waals surface area contributed by atoms with E-state index in [-0.39, 0.29) is 11.9 Å². The second kappa shape index (κ2) is 6.39. The van der Waals surface area contributed by atoms with Crippen LogP contribution in [0.2, 0.25) is 0 Å². The average molecular weight is 327 g/mol. The van der Waals surface area contributed by atoms with E-state index in [1.807, 2.05) is 23.1 Å². The number of ether oxygens (including phenoxy) is 1. The van der Waals surface area contributed by atoms with Crippen LogP contribution in [0.5, 0.6) is 5.75 Å². The van der Waals surface area contributed by atoms with Gasteiger partial charge in [-0.1, -0.05) is 15.9 Å². The normalized spacial score (nSPS) is 18.7. The molecule has 5 heteroatoms. The van der Waals surface area contributed by atoms with Crippen LogP contribution in [0, 0.1) is 0 Å². The van der Waals surface area contributed by atoms with E-state index >= 15 is 0 Å². The molecule has 1 fully saturated rings. The zero-order chi connectivity index (χ0) is 13.8. The van der Waals surface area contributed by atoms with Gasteiger partial charge < -0.3 is 15.4 Å². The van der Waals surface area contributed by atoms with Crippen LogP contribution >= 0.6 is 15.9 Å². The van der Waals surface area contributed by atoms with Gasteiger partial charge >= 0.3 is 0 Å². The first-order valence-corrected chi connectivity index (χ1v) is 7.29. The van der Waals surface area contributed by atoms with Crippen LogP contribution in [-0.2, 0) is 4.79 Å². The third kappa shape index (κ3) is 3.09. The second-order valence-corrected chi connectivity index (χ2v) is 5.59. The molecule has 4 nitrogen and oxygen atoms in total. The maximum absolute atomic E-state index is 12.1. The first-order valence-electron chi connectivity index (χ1n) is 6.50. The highest BCUT2D eigenvalue weighted by molar-refractivity contribution is 9.10. The SMILES string of the molecule is COc1ccc(Br)cc1C1CCCN1C(=O)CCN. The second-order valence-electron chi connectivity index (χ2n) is 4.67. The Balaban J connectivity index is 2.29. The molecule has 19 heavy (non-hydrogen) atoms. The molecule has 0 bridgehead atoms. The summed E-state index contributed by atoms with van der Waals surface area (Å²) in [6, 6.07) is 6.02. The zero-order valence-corrected chi connectivity index (χ0v) is 12.6. The van der Waals surface area contributed by atoms with Crippen molar-refractivity contribution in [3.05, 3.63) is 28.2 Å². The Kier molecular flexibility index (Phi) is 4.82. The van der Waals surface area contributed by atoms with Crippen molar-refractivity contribution in [3.63, 3.8) is 0 Å². The van der Waals surface area contributed by atoms with Crippen LogP contribution in [0.4, 0.5) is 0 Å². The minimum atomic E-state index is 0.103. The standard InChI is InChI=1S/C14H19BrN2O2/c1-19-13-5-4-10(15)9-11(13)12-3-2-8-17(12)14(18)6-7-16/h4-5,9,12H,2-3,6-8,16H2,1H3. The van der Waals surface area contributed by atoms with Crippen LogP contribution < -0.4 is 10.5 Å². The quantitative estimate of drug-likeness (QED) is 0.924. The van der Waals surface area contributed by atoms with Gasteiger partial charge in [0.1, 0.15) is 5.75 Å². The maximum Gasteiger partial charge on any atom is 0.224 e. The lowest BCUT2D eigenvalue weighted by molar-refractivity contribution is -0.131. The Bertz CT molecular complexity index is 465. The van der Waals surface area contributed by atoms with Crippen molar-refractivity contribution in [3.8, 4) is 5.75 Å². The fourth-order valence-electron chi connectivity index (χ4n) is 2.62. The topological polar surface area (TPSA) is 55.6 Å². The van der Waals surface area contributed by atoms with Gasteiger partial charge in [-0.05, 0) is 31.0 Å². The summed E-state index contributed by atoms with van der Waals surface area (Å²) >= 11 is 3.48. The van der Waals surface area contributed by atoms with Gasteiger partial charge in [0.05, 0.1) is 13.2 Å². The molecule has 1 aliphatic heterocycles. The van der Waals surface area contributed by atoms with Crippen LogP contribution in [0.25, 0.3) is 0 Å². The Hall–Kier alpha value is -1.07. The van der Waals surface area contributed by atoms with E-state index in [1.165, 1.54) is 0 Å². The highest BCUT2D eigenvalue weighted by Gasteiger charge is 2.31. The number of rotatable bonds is 4. The summed E-state index contributed by atoms with van der Waals surface area (Å²) in [6.45, 7) is 1.21. The molecule has 1 unspecified atom stereocenters. The van der Waals surface area contributed by atoms with Crippen molar-refractivity contribution in [1.82, 2.24) is 4.90 Å². The summed E-state index contributed by atoms with van der Waals surface area (Å²) in [6.07, 6.45) is 2.41. The number of carbonyl (C=O) groups excluding carboxylic acids is 1. The molecule has 0 spiro atoms. The molecule has 0 aromatic heterocycles. The number of nitrogens with two attached hydrogens (primary N) is 1. The Morgan fingerprint density at radius 1 is 1.58 bits per heavy atom.